The van der Waals surface area contributed by atoms with Crippen LogP contribution >= 0.6 is 15.9 Å². The van der Waals surface area contributed by atoms with Crippen LogP contribution in [-0.2, 0) is 6.54 Å². The summed E-state index contributed by atoms with van der Waals surface area (Å²) in [5.74, 6) is -0.249. The maximum absolute atomic E-state index is 12.3. The zero-order chi connectivity index (χ0) is 16.8. The average molecular weight is 383 g/mol. The number of anilines is 2. The Bertz CT molecular complexity index is 839. The second kappa shape index (κ2) is 7.70. The molecule has 1 aromatic carbocycles. The van der Waals surface area contributed by atoms with Crippen LogP contribution in [0.3, 0.4) is 0 Å². The van der Waals surface area contributed by atoms with E-state index in [-0.39, 0.29) is 5.91 Å². The zero-order valence-electron chi connectivity index (χ0n) is 12.7. The van der Waals surface area contributed by atoms with Crippen molar-refractivity contribution in [1.82, 2.24) is 9.97 Å². The fourth-order valence-corrected chi connectivity index (χ4v) is 2.53. The minimum absolute atomic E-state index is 0.249. The van der Waals surface area contributed by atoms with Crippen molar-refractivity contribution in [2.75, 3.05) is 10.6 Å². The van der Waals surface area contributed by atoms with E-state index in [0.29, 0.717) is 17.9 Å². The van der Waals surface area contributed by atoms with E-state index >= 15 is 0 Å². The average Bonchev–Trinajstić information content (AvgIpc) is 2.61. The molecule has 24 heavy (non-hydrogen) atoms. The van der Waals surface area contributed by atoms with Gasteiger partial charge in [0.15, 0.2) is 0 Å². The van der Waals surface area contributed by atoms with E-state index in [1.54, 1.807) is 24.7 Å². The molecule has 2 aromatic heterocycles. The maximum atomic E-state index is 12.3. The molecule has 0 bridgehead atoms. The molecule has 0 atom stereocenters. The molecule has 0 unspecified atom stereocenters. The van der Waals surface area contributed by atoms with Gasteiger partial charge in [0.25, 0.3) is 5.91 Å². The molecule has 0 fully saturated rings. The predicted octanol–water partition coefficient (Wildman–Crippen LogP) is 4.10. The van der Waals surface area contributed by atoms with Gasteiger partial charge in [-0.1, -0.05) is 22.0 Å². The number of hydrogen-bond acceptors (Lipinski definition) is 4. The number of carbonyl (C=O) groups excluding carboxylic acids is 1. The van der Waals surface area contributed by atoms with E-state index in [9.17, 15) is 4.79 Å². The Hall–Kier alpha value is -2.73. The minimum Gasteiger partial charge on any atom is -0.381 e. The molecular formula is C18H15BrN4O. The standard InChI is InChI=1S/C18H15BrN4O/c19-14-2-1-3-16(10-14)23-18(24)17-11-15(6-9-21-17)22-12-13-4-7-20-8-5-13/h1-11H,12H2,(H,21,22)(H,23,24). The Labute approximate surface area is 148 Å². The lowest BCUT2D eigenvalue weighted by Crippen LogP contribution is -2.14. The molecule has 0 aliphatic heterocycles. The summed E-state index contributed by atoms with van der Waals surface area (Å²) in [5, 5.41) is 6.11. The SMILES string of the molecule is O=C(Nc1cccc(Br)c1)c1cc(NCc2ccncc2)ccn1. The third-order valence-corrected chi connectivity index (χ3v) is 3.81. The monoisotopic (exact) mass is 382 g/mol. The lowest BCUT2D eigenvalue weighted by molar-refractivity contribution is 0.102. The number of benzene rings is 1. The van der Waals surface area contributed by atoms with Gasteiger partial charge in [-0.05, 0) is 48.0 Å². The van der Waals surface area contributed by atoms with E-state index in [1.807, 2.05) is 42.5 Å². The summed E-state index contributed by atoms with van der Waals surface area (Å²) in [6, 6.07) is 14.9. The number of carbonyl (C=O) groups is 1. The fourth-order valence-electron chi connectivity index (χ4n) is 2.13. The van der Waals surface area contributed by atoms with Gasteiger partial charge < -0.3 is 10.6 Å². The van der Waals surface area contributed by atoms with Crippen molar-refractivity contribution in [3.63, 3.8) is 0 Å². The molecule has 120 valence electrons. The summed E-state index contributed by atoms with van der Waals surface area (Å²) in [6.07, 6.45) is 5.12. The first-order valence-electron chi connectivity index (χ1n) is 7.36. The van der Waals surface area contributed by atoms with Crippen LogP contribution in [0.1, 0.15) is 16.1 Å². The van der Waals surface area contributed by atoms with Crippen LogP contribution in [0.2, 0.25) is 0 Å². The van der Waals surface area contributed by atoms with E-state index in [4.69, 9.17) is 0 Å². The van der Waals surface area contributed by atoms with E-state index in [0.717, 1.165) is 15.7 Å². The first kappa shape index (κ1) is 16.1. The van der Waals surface area contributed by atoms with Crippen LogP contribution in [0, 0.1) is 0 Å². The third-order valence-electron chi connectivity index (χ3n) is 3.32. The van der Waals surface area contributed by atoms with Gasteiger partial charge in [0.1, 0.15) is 5.69 Å². The molecule has 3 aromatic rings. The Kier molecular flexibility index (Phi) is 5.18. The topological polar surface area (TPSA) is 66.9 Å². The van der Waals surface area contributed by atoms with Crippen molar-refractivity contribution >= 4 is 33.2 Å². The van der Waals surface area contributed by atoms with Crippen molar-refractivity contribution in [2.24, 2.45) is 0 Å². The van der Waals surface area contributed by atoms with E-state index in [1.165, 1.54) is 0 Å². The van der Waals surface area contributed by atoms with Crippen LogP contribution in [0.25, 0.3) is 0 Å². The Balaban J connectivity index is 1.67. The highest BCUT2D eigenvalue weighted by molar-refractivity contribution is 9.10. The number of rotatable bonds is 5. The Morgan fingerprint density at radius 3 is 2.62 bits per heavy atom. The molecule has 6 heteroatoms. The van der Waals surface area contributed by atoms with Crippen LogP contribution in [0.15, 0.2) is 71.6 Å². The van der Waals surface area contributed by atoms with Crippen molar-refractivity contribution in [3.05, 3.63) is 82.9 Å². The second-order valence-electron chi connectivity index (χ2n) is 5.10. The number of nitrogens with one attached hydrogen (secondary N) is 2. The van der Waals surface area contributed by atoms with Gasteiger partial charge in [-0.25, -0.2) is 0 Å². The predicted molar refractivity (Wildman–Crippen MR) is 97.9 cm³/mol. The Morgan fingerprint density at radius 1 is 1.00 bits per heavy atom. The van der Waals surface area contributed by atoms with Crippen LogP contribution in [0.4, 0.5) is 11.4 Å². The third kappa shape index (κ3) is 4.39. The molecule has 5 nitrogen and oxygen atoms in total. The highest BCUT2D eigenvalue weighted by atomic mass is 79.9. The summed E-state index contributed by atoms with van der Waals surface area (Å²) in [7, 11) is 0. The minimum atomic E-state index is -0.249. The number of halogens is 1. The molecule has 0 radical (unpaired) electrons. The number of aromatic nitrogens is 2. The largest absolute Gasteiger partial charge is 0.381 e. The molecule has 0 aliphatic carbocycles. The number of hydrogen-bond donors (Lipinski definition) is 2. The summed E-state index contributed by atoms with van der Waals surface area (Å²) in [5.41, 5.74) is 3.02. The fraction of sp³-hybridized carbons (Fsp3) is 0.0556. The normalized spacial score (nSPS) is 10.2. The molecular weight excluding hydrogens is 368 g/mol. The van der Waals surface area contributed by atoms with Crippen molar-refractivity contribution in [3.8, 4) is 0 Å². The summed E-state index contributed by atoms with van der Waals surface area (Å²) >= 11 is 3.38. The highest BCUT2D eigenvalue weighted by Crippen LogP contribution is 2.17. The van der Waals surface area contributed by atoms with E-state index < -0.39 is 0 Å². The smallest absolute Gasteiger partial charge is 0.274 e. The molecule has 1 amide bonds. The van der Waals surface area contributed by atoms with Crippen molar-refractivity contribution in [2.45, 2.75) is 6.54 Å². The van der Waals surface area contributed by atoms with Gasteiger partial charge in [-0.3, -0.25) is 14.8 Å². The second-order valence-corrected chi connectivity index (χ2v) is 6.02. The summed E-state index contributed by atoms with van der Waals surface area (Å²) < 4.78 is 0.904. The first-order chi connectivity index (χ1) is 11.7. The van der Waals surface area contributed by atoms with Gasteiger partial charge >= 0.3 is 0 Å². The molecule has 2 N–H and O–H groups in total. The molecule has 0 aliphatic rings. The van der Waals surface area contributed by atoms with Crippen LogP contribution < -0.4 is 10.6 Å². The highest BCUT2D eigenvalue weighted by Gasteiger charge is 2.08. The van der Waals surface area contributed by atoms with Gasteiger partial charge in [0.05, 0.1) is 0 Å². The number of nitrogens with zero attached hydrogens (tertiary/aromatic N) is 2. The summed E-state index contributed by atoms with van der Waals surface area (Å²) in [6.45, 7) is 0.652. The molecule has 0 spiro atoms. The van der Waals surface area contributed by atoms with Gasteiger partial charge in [0.2, 0.25) is 0 Å². The van der Waals surface area contributed by atoms with Crippen molar-refractivity contribution in [1.29, 1.82) is 0 Å². The molecule has 3 rings (SSSR count). The molecule has 0 saturated heterocycles. The quantitative estimate of drug-likeness (QED) is 0.696. The van der Waals surface area contributed by atoms with Gasteiger partial charge in [-0.15, -0.1) is 0 Å². The zero-order valence-corrected chi connectivity index (χ0v) is 14.3. The van der Waals surface area contributed by atoms with Crippen molar-refractivity contribution < 1.29 is 4.79 Å². The van der Waals surface area contributed by atoms with Gasteiger partial charge in [-0.2, -0.15) is 0 Å². The maximum Gasteiger partial charge on any atom is 0.274 e. The number of amides is 1. The van der Waals surface area contributed by atoms with Crippen LogP contribution in [0.5, 0.6) is 0 Å². The first-order valence-corrected chi connectivity index (χ1v) is 8.16. The van der Waals surface area contributed by atoms with Crippen LogP contribution in [-0.4, -0.2) is 15.9 Å². The molecule has 2 heterocycles. The lowest BCUT2D eigenvalue weighted by Gasteiger charge is -2.09. The Morgan fingerprint density at radius 2 is 1.83 bits per heavy atom. The lowest BCUT2D eigenvalue weighted by atomic mass is 10.2. The van der Waals surface area contributed by atoms with E-state index in [2.05, 4.69) is 36.5 Å². The summed E-state index contributed by atoms with van der Waals surface area (Å²) in [4.78, 5) is 20.5. The molecule has 0 saturated carbocycles. The number of pyridine rings is 2. The van der Waals surface area contributed by atoms with Gasteiger partial charge in [0, 0.05) is 41.0 Å².